The van der Waals surface area contributed by atoms with Crippen molar-refractivity contribution in [1.82, 2.24) is 19.2 Å². The molecule has 0 aliphatic carbocycles. The molecular formula is C63H67N5OPt-2. The average Bonchev–Trinajstić information content (AvgIpc) is 3.88. The van der Waals surface area contributed by atoms with Crippen LogP contribution in [-0.4, -0.2) is 19.2 Å². The number of nitrogens with zero attached hydrogens (tertiary/aromatic N) is 5. The van der Waals surface area contributed by atoms with E-state index < -0.39 is 0 Å². The van der Waals surface area contributed by atoms with Crippen molar-refractivity contribution >= 4 is 21.8 Å². The normalized spacial score (nSPS) is 12.7. The average molecular weight is 1110 g/mol. The molecule has 6 aromatic carbocycles. The maximum absolute atomic E-state index is 6.95. The van der Waals surface area contributed by atoms with Crippen LogP contribution in [0.5, 0.6) is 11.5 Å². The summed E-state index contributed by atoms with van der Waals surface area (Å²) in [5.41, 5.74) is 12.5. The number of ether oxygens (including phenoxy) is 1. The second kappa shape index (κ2) is 18.3. The summed E-state index contributed by atoms with van der Waals surface area (Å²) in [7, 11) is 0. The third-order valence-electron chi connectivity index (χ3n) is 13.2. The Hall–Kier alpha value is -6.10. The number of hydrogen-bond donors (Lipinski definition) is 0. The maximum atomic E-state index is 6.95. The topological polar surface area (TPSA) is 48.8 Å². The van der Waals surface area contributed by atoms with Gasteiger partial charge >= 0.3 is 0 Å². The quantitative estimate of drug-likeness (QED) is 0.118. The molecule has 0 saturated carbocycles. The Morgan fingerprint density at radius 1 is 0.514 bits per heavy atom. The van der Waals surface area contributed by atoms with Gasteiger partial charge in [0.05, 0.1) is 5.69 Å². The van der Waals surface area contributed by atoms with Gasteiger partial charge in [0.15, 0.2) is 5.82 Å². The first-order valence-corrected chi connectivity index (χ1v) is 24.3. The smallest absolute Gasteiger partial charge is 0.272 e. The summed E-state index contributed by atoms with van der Waals surface area (Å²) in [6, 6.07) is 52.7. The summed E-state index contributed by atoms with van der Waals surface area (Å²) in [6.45, 7) is 33.9. The van der Waals surface area contributed by atoms with E-state index in [0.717, 1.165) is 61.5 Å². The summed E-state index contributed by atoms with van der Waals surface area (Å²) in [6.07, 6.45) is 5.62. The van der Waals surface area contributed by atoms with Crippen molar-refractivity contribution in [3.8, 4) is 51.2 Å². The van der Waals surface area contributed by atoms with E-state index in [-0.39, 0.29) is 48.1 Å². The maximum Gasteiger partial charge on any atom is 0.272 e. The number of rotatable bonds is 7. The summed E-state index contributed by atoms with van der Waals surface area (Å²) in [4.78, 5) is 4.97. The van der Waals surface area contributed by atoms with Crippen molar-refractivity contribution in [3.05, 3.63) is 180 Å². The fourth-order valence-electron chi connectivity index (χ4n) is 8.87. The zero-order chi connectivity index (χ0) is 49.4. The summed E-state index contributed by atoms with van der Waals surface area (Å²) in [5, 5.41) is 7.65. The Kier molecular flexibility index (Phi) is 13.1. The summed E-state index contributed by atoms with van der Waals surface area (Å²) in [5.74, 6) is 2.70. The second-order valence-corrected chi connectivity index (χ2v) is 23.9. The molecule has 7 heteroatoms. The van der Waals surface area contributed by atoms with E-state index in [0.29, 0.717) is 11.5 Å². The van der Waals surface area contributed by atoms with Crippen LogP contribution in [0.1, 0.15) is 132 Å². The zero-order valence-corrected chi connectivity index (χ0v) is 45.9. The Balaban J connectivity index is 0.00000659. The van der Waals surface area contributed by atoms with Gasteiger partial charge in [-0.05, 0) is 84.0 Å². The van der Waals surface area contributed by atoms with Gasteiger partial charge in [-0.25, -0.2) is 4.98 Å². The molecule has 0 bridgehead atoms. The van der Waals surface area contributed by atoms with Gasteiger partial charge in [0.2, 0.25) is 0 Å². The van der Waals surface area contributed by atoms with Crippen LogP contribution in [0.15, 0.2) is 134 Å². The molecule has 3 heterocycles. The van der Waals surface area contributed by atoms with Crippen molar-refractivity contribution in [3.63, 3.8) is 0 Å². The molecule has 0 N–H and O–H groups in total. The number of aromatic nitrogens is 5. The molecular weight excluding hydrogens is 1040 g/mol. The molecule has 0 unspecified atom stereocenters. The van der Waals surface area contributed by atoms with Crippen molar-refractivity contribution in [2.75, 3.05) is 0 Å². The van der Waals surface area contributed by atoms with Gasteiger partial charge in [0, 0.05) is 49.8 Å². The Morgan fingerprint density at radius 3 is 1.69 bits per heavy atom. The van der Waals surface area contributed by atoms with Gasteiger partial charge in [-0.3, -0.25) is 0 Å². The van der Waals surface area contributed by atoms with E-state index in [1.54, 1.807) is 0 Å². The van der Waals surface area contributed by atoms with Crippen LogP contribution in [0.2, 0.25) is 0 Å². The van der Waals surface area contributed by atoms with Gasteiger partial charge in [-0.2, -0.15) is 16.8 Å². The number of hydrogen-bond acceptors (Lipinski definition) is 3. The number of benzene rings is 6. The van der Waals surface area contributed by atoms with Gasteiger partial charge in [0.25, 0.3) is 6.33 Å². The van der Waals surface area contributed by atoms with Crippen molar-refractivity contribution in [1.29, 1.82) is 0 Å². The van der Waals surface area contributed by atoms with Gasteiger partial charge < -0.3 is 13.9 Å². The minimum atomic E-state index is -0.0942. The van der Waals surface area contributed by atoms with E-state index in [1.807, 2.05) is 27.6 Å². The Morgan fingerprint density at radius 2 is 1.09 bits per heavy atom. The fraction of sp³-hybridized carbons (Fsp3) is 0.317. The predicted molar refractivity (Wildman–Crippen MR) is 285 cm³/mol. The molecule has 362 valence electrons. The van der Waals surface area contributed by atoms with Crippen molar-refractivity contribution < 1.29 is 30.5 Å². The van der Waals surface area contributed by atoms with Crippen LogP contribution >= 0.6 is 0 Å². The molecule has 0 aliphatic heterocycles. The second-order valence-electron chi connectivity index (χ2n) is 23.9. The monoisotopic (exact) mass is 1100 g/mol. The third-order valence-corrected chi connectivity index (χ3v) is 13.2. The molecule has 0 radical (unpaired) electrons. The van der Waals surface area contributed by atoms with Crippen molar-refractivity contribution in [2.24, 2.45) is 0 Å². The first-order chi connectivity index (χ1) is 32.3. The molecule has 0 aliphatic rings. The number of para-hydroxylation sites is 1. The molecule has 3 aromatic heterocycles. The molecule has 0 saturated heterocycles. The molecule has 6 nitrogen and oxygen atoms in total. The largest absolute Gasteiger partial charge is 0.510 e. The Bertz CT molecular complexity index is 3310. The minimum Gasteiger partial charge on any atom is -0.510 e. The van der Waals surface area contributed by atoms with Crippen LogP contribution in [-0.2, 0) is 48.1 Å². The predicted octanol–water partition coefficient (Wildman–Crippen LogP) is 15.7. The van der Waals surface area contributed by atoms with Gasteiger partial charge in [-0.15, -0.1) is 34.9 Å². The standard InChI is InChI=1S/C63H67N5O.Pt/c1-59(2,3)43-28-29-64-56(36-43)68-54-27-20-19-26-52(54)57-53(41-22-17-16-18-23-41)38-51(39-55(57)68)69-50-25-21-24-48(37-50)66-40-67(49-34-46(62(10,11)12)33-47(35-49)63(13,14)15)65-58(66)42-30-44(60(4,5)6)32-45(31-42)61(7,8)9;/h16-36,38H,1-15H3;/q-2;. The van der Waals surface area contributed by atoms with Crippen molar-refractivity contribution in [2.45, 2.75) is 131 Å². The number of pyridine rings is 1. The molecule has 70 heavy (non-hydrogen) atoms. The zero-order valence-electron chi connectivity index (χ0n) is 43.7. The van der Waals surface area contributed by atoms with Crippen LogP contribution < -0.4 is 9.42 Å². The van der Waals surface area contributed by atoms with E-state index in [2.05, 4.69) is 242 Å². The molecule has 9 rings (SSSR count). The van der Waals surface area contributed by atoms with Gasteiger partial charge in [-0.1, -0.05) is 205 Å². The molecule has 0 amide bonds. The minimum absolute atomic E-state index is 0. The molecule has 0 fully saturated rings. The van der Waals surface area contributed by atoms with Crippen LogP contribution in [0.4, 0.5) is 0 Å². The van der Waals surface area contributed by atoms with Crippen LogP contribution in [0.25, 0.3) is 61.5 Å². The van der Waals surface area contributed by atoms with Gasteiger partial charge in [0.1, 0.15) is 5.82 Å². The first kappa shape index (κ1) is 50.3. The van der Waals surface area contributed by atoms with E-state index >= 15 is 0 Å². The van der Waals surface area contributed by atoms with E-state index in [9.17, 15) is 0 Å². The molecule has 9 aromatic rings. The van der Waals surface area contributed by atoms with E-state index in [4.69, 9.17) is 14.8 Å². The molecule has 0 spiro atoms. The number of fused-ring (bicyclic) bond motifs is 3. The Labute approximate surface area is 431 Å². The third kappa shape index (κ3) is 10.1. The molecule has 0 atom stereocenters. The SMILES string of the molecule is CC(C)(C)c1cc(-c2n[n+](-c3cc(C(C)(C)C)cc(C(C)(C)C)c3)[c-]n2-c2[c-]c(Oc3[c-]c4c(c(-c5ccccc5)c3)c3ccccc3n4-c3cc(C(C)(C)C)ccn3)ccc2)cc(C(C)(C)C)c1.[Pt]. The first-order valence-electron chi connectivity index (χ1n) is 24.3. The summed E-state index contributed by atoms with van der Waals surface area (Å²) < 4.78 is 13.1. The summed E-state index contributed by atoms with van der Waals surface area (Å²) >= 11 is 0. The van der Waals surface area contributed by atoms with Crippen LogP contribution in [0, 0.1) is 18.5 Å². The fourth-order valence-corrected chi connectivity index (χ4v) is 8.87. The van der Waals surface area contributed by atoms with Crippen LogP contribution in [0.3, 0.4) is 0 Å². The van der Waals surface area contributed by atoms with E-state index in [1.165, 1.54) is 27.8 Å².